The van der Waals surface area contributed by atoms with E-state index in [2.05, 4.69) is 15.9 Å². The molecular formula is C8H6BrNO4. The number of rotatable bonds is 4. The molecule has 0 aliphatic heterocycles. The Morgan fingerprint density at radius 2 is 2.29 bits per heavy atom. The minimum Gasteiger partial charge on any atom is -0.485 e. The van der Waals surface area contributed by atoms with Crippen molar-refractivity contribution >= 4 is 27.9 Å². The van der Waals surface area contributed by atoms with Gasteiger partial charge < -0.3 is 4.74 Å². The van der Waals surface area contributed by atoms with Crippen molar-refractivity contribution in [2.24, 2.45) is 0 Å². The molecule has 0 bridgehead atoms. The van der Waals surface area contributed by atoms with Crippen molar-refractivity contribution < 1.29 is 14.5 Å². The molecule has 0 saturated heterocycles. The fourth-order valence-corrected chi connectivity index (χ4v) is 1.40. The van der Waals surface area contributed by atoms with Crippen LogP contribution in [0.3, 0.4) is 0 Å². The first kappa shape index (κ1) is 10.6. The minimum absolute atomic E-state index is 0.0894. The van der Waals surface area contributed by atoms with Gasteiger partial charge in [-0.3, -0.25) is 14.9 Å². The summed E-state index contributed by atoms with van der Waals surface area (Å²) in [6.45, 7) is -0.125. The number of carbonyl (C=O) groups excluding carboxylic acids is 1. The molecule has 0 aromatic heterocycles. The highest BCUT2D eigenvalue weighted by atomic mass is 79.9. The van der Waals surface area contributed by atoms with Gasteiger partial charge in [0.2, 0.25) is 0 Å². The molecule has 0 spiro atoms. The van der Waals surface area contributed by atoms with E-state index in [1.54, 1.807) is 6.07 Å². The second kappa shape index (κ2) is 4.71. The average Bonchev–Trinajstić information content (AvgIpc) is 2.16. The van der Waals surface area contributed by atoms with E-state index in [0.29, 0.717) is 6.29 Å². The minimum atomic E-state index is -0.530. The number of nitrogens with zero attached hydrogens (tertiary/aromatic N) is 1. The first-order valence-corrected chi connectivity index (χ1v) is 4.45. The van der Waals surface area contributed by atoms with Crippen LogP contribution in [0.1, 0.15) is 0 Å². The van der Waals surface area contributed by atoms with E-state index < -0.39 is 4.92 Å². The summed E-state index contributed by atoms with van der Waals surface area (Å²) in [7, 11) is 0. The zero-order chi connectivity index (χ0) is 10.6. The SMILES string of the molecule is O=CCOc1cccc([N+](=O)[O-])c1Br. The van der Waals surface area contributed by atoms with Crippen molar-refractivity contribution in [1.29, 1.82) is 0 Å². The quantitative estimate of drug-likeness (QED) is 0.471. The summed E-state index contributed by atoms with van der Waals surface area (Å²) in [5.74, 6) is 0.284. The standard InChI is InChI=1S/C8H6BrNO4/c9-8-6(10(12)13)2-1-3-7(8)14-5-4-11/h1-4H,5H2. The number of hydrogen-bond donors (Lipinski definition) is 0. The maximum atomic E-state index is 10.5. The van der Waals surface area contributed by atoms with Crippen molar-refractivity contribution in [1.82, 2.24) is 0 Å². The van der Waals surface area contributed by atoms with E-state index >= 15 is 0 Å². The molecule has 0 saturated carbocycles. The lowest BCUT2D eigenvalue weighted by atomic mass is 10.3. The largest absolute Gasteiger partial charge is 0.485 e. The summed E-state index contributed by atoms with van der Waals surface area (Å²) < 4.78 is 5.20. The van der Waals surface area contributed by atoms with Crippen LogP contribution in [0.2, 0.25) is 0 Å². The van der Waals surface area contributed by atoms with Gasteiger partial charge in [0.05, 0.1) is 4.92 Å². The Morgan fingerprint density at radius 3 is 2.86 bits per heavy atom. The topological polar surface area (TPSA) is 69.4 Å². The molecule has 14 heavy (non-hydrogen) atoms. The molecule has 0 amide bonds. The van der Waals surface area contributed by atoms with E-state index in [4.69, 9.17) is 4.74 Å². The van der Waals surface area contributed by atoms with Crippen LogP contribution in [0.4, 0.5) is 5.69 Å². The van der Waals surface area contributed by atoms with E-state index in [9.17, 15) is 14.9 Å². The molecule has 0 aliphatic rings. The van der Waals surface area contributed by atoms with Crippen molar-refractivity contribution in [3.8, 4) is 5.75 Å². The Hall–Kier alpha value is -1.43. The number of nitro benzene ring substituents is 1. The van der Waals surface area contributed by atoms with Gasteiger partial charge in [-0.25, -0.2) is 0 Å². The van der Waals surface area contributed by atoms with E-state index in [1.807, 2.05) is 0 Å². The highest BCUT2D eigenvalue weighted by Crippen LogP contribution is 2.33. The van der Waals surface area contributed by atoms with E-state index in [1.165, 1.54) is 12.1 Å². The van der Waals surface area contributed by atoms with Crippen LogP contribution >= 0.6 is 15.9 Å². The average molecular weight is 260 g/mol. The van der Waals surface area contributed by atoms with Gasteiger partial charge >= 0.3 is 0 Å². The predicted octanol–water partition coefficient (Wildman–Crippen LogP) is 1.93. The molecule has 1 rings (SSSR count). The maximum Gasteiger partial charge on any atom is 0.287 e. The third kappa shape index (κ3) is 2.29. The molecule has 1 aromatic rings. The van der Waals surface area contributed by atoms with Crippen LogP contribution in [-0.4, -0.2) is 17.8 Å². The van der Waals surface area contributed by atoms with E-state index in [-0.39, 0.29) is 22.5 Å². The van der Waals surface area contributed by atoms with Gasteiger partial charge in [-0.15, -0.1) is 0 Å². The summed E-state index contributed by atoms with van der Waals surface area (Å²) in [5, 5.41) is 10.5. The Morgan fingerprint density at radius 1 is 1.57 bits per heavy atom. The van der Waals surface area contributed by atoms with Gasteiger partial charge in [-0.2, -0.15) is 0 Å². The second-order valence-electron chi connectivity index (χ2n) is 2.32. The van der Waals surface area contributed by atoms with E-state index in [0.717, 1.165) is 0 Å². The third-order valence-electron chi connectivity index (χ3n) is 1.45. The van der Waals surface area contributed by atoms with Gasteiger partial charge in [-0.05, 0) is 22.0 Å². The van der Waals surface area contributed by atoms with Crippen LogP contribution in [0.25, 0.3) is 0 Å². The second-order valence-corrected chi connectivity index (χ2v) is 3.12. The van der Waals surface area contributed by atoms with Crippen molar-refractivity contribution in [2.75, 3.05) is 6.61 Å². The smallest absolute Gasteiger partial charge is 0.287 e. The van der Waals surface area contributed by atoms with Crippen LogP contribution in [-0.2, 0) is 4.79 Å². The molecule has 74 valence electrons. The molecule has 0 unspecified atom stereocenters. The van der Waals surface area contributed by atoms with Gasteiger partial charge in [-0.1, -0.05) is 6.07 Å². The molecule has 0 heterocycles. The number of carbonyl (C=O) groups is 1. The maximum absolute atomic E-state index is 10.5. The van der Waals surface area contributed by atoms with Gasteiger partial charge in [0.1, 0.15) is 16.8 Å². The third-order valence-corrected chi connectivity index (χ3v) is 2.24. The van der Waals surface area contributed by atoms with Crippen LogP contribution in [0.15, 0.2) is 22.7 Å². The number of halogens is 1. The Bertz CT molecular complexity index is 366. The van der Waals surface area contributed by atoms with Crippen molar-refractivity contribution in [3.63, 3.8) is 0 Å². The Labute approximate surface area is 88.0 Å². The van der Waals surface area contributed by atoms with Crippen molar-refractivity contribution in [2.45, 2.75) is 0 Å². The molecule has 6 heteroatoms. The number of nitro groups is 1. The fourth-order valence-electron chi connectivity index (χ4n) is 0.875. The Kier molecular flexibility index (Phi) is 3.58. The number of aldehydes is 1. The lowest BCUT2D eigenvalue weighted by Crippen LogP contribution is -1.99. The monoisotopic (exact) mass is 259 g/mol. The zero-order valence-electron chi connectivity index (χ0n) is 6.97. The van der Waals surface area contributed by atoms with Crippen molar-refractivity contribution in [3.05, 3.63) is 32.8 Å². The zero-order valence-corrected chi connectivity index (χ0v) is 8.56. The van der Waals surface area contributed by atoms with Crippen LogP contribution in [0.5, 0.6) is 5.75 Å². The summed E-state index contributed by atoms with van der Waals surface area (Å²) in [6.07, 6.45) is 0.575. The van der Waals surface area contributed by atoms with Gasteiger partial charge in [0.25, 0.3) is 5.69 Å². The fraction of sp³-hybridized carbons (Fsp3) is 0.125. The lowest BCUT2D eigenvalue weighted by Gasteiger charge is -2.04. The molecule has 0 radical (unpaired) electrons. The van der Waals surface area contributed by atoms with Gasteiger partial charge in [0.15, 0.2) is 6.29 Å². The first-order chi connectivity index (χ1) is 6.66. The normalized spacial score (nSPS) is 9.50. The molecule has 0 fully saturated rings. The van der Waals surface area contributed by atoms with Crippen LogP contribution < -0.4 is 4.74 Å². The molecular weight excluding hydrogens is 254 g/mol. The predicted molar refractivity (Wildman–Crippen MR) is 52.4 cm³/mol. The number of ether oxygens (including phenoxy) is 1. The van der Waals surface area contributed by atoms with Gasteiger partial charge in [0, 0.05) is 6.07 Å². The Balaban J connectivity index is 3.01. The first-order valence-electron chi connectivity index (χ1n) is 3.66. The molecule has 0 aliphatic carbocycles. The summed E-state index contributed by atoms with van der Waals surface area (Å²) in [5.41, 5.74) is -0.0894. The molecule has 0 N–H and O–H groups in total. The van der Waals surface area contributed by atoms with Crippen LogP contribution in [0, 0.1) is 10.1 Å². The number of benzene rings is 1. The highest BCUT2D eigenvalue weighted by molar-refractivity contribution is 9.10. The molecule has 1 aromatic carbocycles. The number of hydrogen-bond acceptors (Lipinski definition) is 4. The summed E-state index contributed by atoms with van der Waals surface area (Å²) in [4.78, 5) is 20.0. The molecule has 5 nitrogen and oxygen atoms in total. The highest BCUT2D eigenvalue weighted by Gasteiger charge is 2.15. The summed E-state index contributed by atoms with van der Waals surface area (Å²) in [6, 6.07) is 4.38. The molecule has 0 atom stereocenters. The lowest BCUT2D eigenvalue weighted by molar-refractivity contribution is -0.385. The summed E-state index contributed by atoms with van der Waals surface area (Å²) >= 11 is 3.03.